The number of benzene rings is 2. The molecule has 0 aliphatic heterocycles. The second-order valence-electron chi connectivity index (χ2n) is 8.25. The summed E-state index contributed by atoms with van der Waals surface area (Å²) in [7, 11) is 4.51. The third-order valence-electron chi connectivity index (χ3n) is 5.69. The number of hydrogen-bond acceptors (Lipinski definition) is 6. The first-order valence-corrected chi connectivity index (χ1v) is 12.0. The van der Waals surface area contributed by atoms with Gasteiger partial charge in [0.15, 0.2) is 11.5 Å². The maximum atomic E-state index is 13.0. The van der Waals surface area contributed by atoms with Gasteiger partial charge in [0.05, 0.1) is 45.9 Å². The maximum Gasteiger partial charge on any atom is 0.343 e. The van der Waals surface area contributed by atoms with E-state index in [9.17, 15) is 4.79 Å². The molecule has 0 spiro atoms. The molecule has 0 fully saturated rings. The Morgan fingerprint density at radius 1 is 0.943 bits per heavy atom. The van der Waals surface area contributed by atoms with Gasteiger partial charge in [-0.1, -0.05) is 13.8 Å². The van der Waals surface area contributed by atoms with Gasteiger partial charge in [0.2, 0.25) is 5.75 Å². The van der Waals surface area contributed by atoms with E-state index in [1.165, 1.54) is 26.2 Å². The van der Waals surface area contributed by atoms with Crippen molar-refractivity contribution in [2.45, 2.75) is 33.6 Å². The van der Waals surface area contributed by atoms with Crippen LogP contribution in [0.5, 0.6) is 28.7 Å². The van der Waals surface area contributed by atoms with Crippen LogP contribution in [0.3, 0.4) is 0 Å². The molecule has 0 saturated carbocycles. The minimum absolute atomic E-state index is 0. The zero-order chi connectivity index (χ0) is 25.3. The van der Waals surface area contributed by atoms with Gasteiger partial charge in [0, 0.05) is 5.56 Å². The van der Waals surface area contributed by atoms with Gasteiger partial charge in [-0.3, -0.25) is 0 Å². The van der Waals surface area contributed by atoms with Gasteiger partial charge in [-0.05, 0) is 49.6 Å². The van der Waals surface area contributed by atoms with Crippen molar-refractivity contribution in [2.24, 2.45) is 0 Å². The number of hydrogen-bond donors (Lipinski definition) is 1. The van der Waals surface area contributed by atoms with Crippen molar-refractivity contribution in [3.63, 3.8) is 0 Å². The number of aryl methyl sites for hydroxylation is 1. The van der Waals surface area contributed by atoms with Crippen LogP contribution in [-0.4, -0.2) is 59.4 Å². The van der Waals surface area contributed by atoms with Gasteiger partial charge in [-0.15, -0.1) is 11.6 Å². The van der Waals surface area contributed by atoms with Crippen molar-refractivity contribution in [3.05, 3.63) is 41.0 Å². The predicted molar refractivity (Wildman–Crippen MR) is 134 cm³/mol. The summed E-state index contributed by atoms with van der Waals surface area (Å²) < 4.78 is 27.9. The fraction of sp³-hybridized carbons (Fsp3) is 0.500. The van der Waals surface area contributed by atoms with Gasteiger partial charge in [-0.2, -0.15) is 0 Å². The standard InChI is InChI=1S/C26H36ClNO6.ClH/c1-8-28(10-9-27)11-12-33-22-13-18(4)21(16-20(22)17(2)3)34-26(29)19-14-23(30-5)25(32-7)24(15-19)31-6;/h13-17H,8-12H2,1-7H3;1H. The number of likely N-dealkylation sites (N-methyl/N-ethyl adjacent to an activating group) is 1. The lowest BCUT2D eigenvalue weighted by Gasteiger charge is -2.20. The van der Waals surface area contributed by atoms with Crippen molar-refractivity contribution in [3.8, 4) is 28.7 Å². The second kappa shape index (κ2) is 14.9. The molecule has 35 heavy (non-hydrogen) atoms. The molecule has 2 rings (SSSR count). The molecule has 0 heterocycles. The van der Waals surface area contributed by atoms with Crippen LogP contribution in [0.4, 0.5) is 0 Å². The molecule has 0 aliphatic rings. The van der Waals surface area contributed by atoms with Crippen molar-refractivity contribution in [1.82, 2.24) is 0 Å². The number of carbonyl (C=O) groups is 1. The predicted octanol–water partition coefficient (Wildman–Crippen LogP) is 0.890. The molecular weight excluding hydrogens is 493 g/mol. The minimum atomic E-state index is -0.519. The number of carbonyl (C=O) groups excluding carboxylic acids is 1. The Bertz CT molecular complexity index is 942. The Kier molecular flexibility index (Phi) is 13.1. The minimum Gasteiger partial charge on any atom is -1.00 e. The Balaban J connectivity index is 0.00000612. The fourth-order valence-corrected chi connectivity index (χ4v) is 3.91. The Hall–Kier alpha value is -2.35. The van der Waals surface area contributed by atoms with E-state index < -0.39 is 5.97 Å². The van der Waals surface area contributed by atoms with Crippen molar-refractivity contribution in [1.29, 1.82) is 0 Å². The highest BCUT2D eigenvalue weighted by molar-refractivity contribution is 6.17. The lowest BCUT2D eigenvalue weighted by atomic mass is 9.99. The normalized spacial score (nSPS) is 11.5. The zero-order valence-electron chi connectivity index (χ0n) is 21.6. The largest absolute Gasteiger partial charge is 1.00 e. The quantitative estimate of drug-likeness (QED) is 0.236. The van der Waals surface area contributed by atoms with E-state index in [1.54, 1.807) is 12.1 Å². The molecule has 0 aromatic heterocycles. The number of esters is 1. The van der Waals surface area contributed by atoms with Crippen LogP contribution in [0, 0.1) is 6.92 Å². The van der Waals surface area contributed by atoms with E-state index in [0.717, 1.165) is 36.5 Å². The van der Waals surface area contributed by atoms with Crippen LogP contribution in [0.2, 0.25) is 0 Å². The van der Waals surface area contributed by atoms with E-state index in [4.69, 9.17) is 35.3 Å². The Morgan fingerprint density at radius 3 is 2.06 bits per heavy atom. The van der Waals surface area contributed by atoms with Crippen molar-refractivity contribution < 1.29 is 45.8 Å². The van der Waals surface area contributed by atoms with Gasteiger partial charge < -0.3 is 41.0 Å². The highest BCUT2D eigenvalue weighted by atomic mass is 35.5. The molecule has 0 saturated heterocycles. The summed E-state index contributed by atoms with van der Waals surface area (Å²) in [4.78, 5) is 14.4. The molecule has 196 valence electrons. The molecule has 0 radical (unpaired) electrons. The number of nitrogens with one attached hydrogen (secondary N) is 1. The molecule has 0 aliphatic carbocycles. The van der Waals surface area contributed by atoms with Gasteiger partial charge >= 0.3 is 5.97 Å². The van der Waals surface area contributed by atoms with Crippen molar-refractivity contribution in [2.75, 3.05) is 53.5 Å². The number of methoxy groups -OCH3 is 3. The molecule has 2 aromatic rings. The monoisotopic (exact) mass is 529 g/mol. The Morgan fingerprint density at radius 2 is 1.57 bits per heavy atom. The van der Waals surface area contributed by atoms with Crippen molar-refractivity contribution >= 4 is 17.6 Å². The summed E-state index contributed by atoms with van der Waals surface area (Å²) in [5.74, 6) is 2.77. The Labute approximate surface area is 220 Å². The fourth-order valence-electron chi connectivity index (χ4n) is 3.64. The first kappa shape index (κ1) is 30.7. The number of halogens is 2. The average Bonchev–Trinajstić information content (AvgIpc) is 2.83. The van der Waals surface area contributed by atoms with Crippen LogP contribution in [0.15, 0.2) is 24.3 Å². The second-order valence-corrected chi connectivity index (χ2v) is 8.63. The molecule has 7 nitrogen and oxygen atoms in total. The van der Waals surface area contributed by atoms with E-state index in [1.807, 2.05) is 19.1 Å². The summed E-state index contributed by atoms with van der Waals surface area (Å²) in [6.45, 7) is 11.6. The average molecular weight is 530 g/mol. The number of rotatable bonds is 13. The zero-order valence-corrected chi connectivity index (χ0v) is 23.1. The molecule has 0 bridgehead atoms. The summed E-state index contributed by atoms with van der Waals surface area (Å²) in [5.41, 5.74) is 2.08. The summed E-state index contributed by atoms with van der Waals surface area (Å²) >= 11 is 5.89. The molecule has 9 heteroatoms. The topological polar surface area (TPSA) is 67.7 Å². The van der Waals surface area contributed by atoms with Crippen LogP contribution in [0.1, 0.15) is 48.2 Å². The van der Waals surface area contributed by atoms with Gasteiger partial charge in [0.1, 0.15) is 24.7 Å². The summed E-state index contributed by atoms with van der Waals surface area (Å²) in [6, 6.07) is 6.96. The van der Waals surface area contributed by atoms with Gasteiger partial charge in [0.25, 0.3) is 0 Å². The highest BCUT2D eigenvalue weighted by Gasteiger charge is 2.20. The number of alkyl halides is 1. The molecule has 2 aromatic carbocycles. The summed E-state index contributed by atoms with van der Waals surface area (Å²) in [5, 5.41) is 0. The smallest absolute Gasteiger partial charge is 0.343 e. The van der Waals surface area contributed by atoms with E-state index in [-0.39, 0.29) is 18.3 Å². The molecule has 1 atom stereocenters. The molecule has 1 unspecified atom stereocenters. The van der Waals surface area contributed by atoms with E-state index in [2.05, 4.69) is 20.8 Å². The van der Waals surface area contributed by atoms with Crippen LogP contribution >= 0.6 is 11.6 Å². The maximum absolute atomic E-state index is 13.0. The molecule has 1 N–H and O–H groups in total. The lowest BCUT2D eigenvalue weighted by molar-refractivity contribution is -0.895. The van der Waals surface area contributed by atoms with Crippen LogP contribution in [-0.2, 0) is 0 Å². The van der Waals surface area contributed by atoms with E-state index in [0.29, 0.717) is 41.0 Å². The molecule has 0 amide bonds. The first-order chi connectivity index (χ1) is 16.3. The number of quaternary nitrogens is 1. The SMILES string of the molecule is CC[NH+](CCCl)CCOc1cc(C)c(OC(=O)c2cc(OC)c(OC)c(OC)c2)cc1C(C)C.[Cl-]. The lowest BCUT2D eigenvalue weighted by Crippen LogP contribution is -3.12. The molecular formula is C26H37Cl2NO6. The van der Waals surface area contributed by atoms with Crippen LogP contribution < -0.4 is 41.0 Å². The first-order valence-electron chi connectivity index (χ1n) is 11.5. The van der Waals surface area contributed by atoms with Gasteiger partial charge in [-0.25, -0.2) is 4.79 Å². The number of ether oxygens (including phenoxy) is 5. The van der Waals surface area contributed by atoms with E-state index >= 15 is 0 Å². The third-order valence-corrected chi connectivity index (χ3v) is 5.88. The van der Waals surface area contributed by atoms with Crippen LogP contribution in [0.25, 0.3) is 0 Å². The third kappa shape index (κ3) is 8.09. The summed E-state index contributed by atoms with van der Waals surface area (Å²) in [6.07, 6.45) is 0. The highest BCUT2D eigenvalue weighted by Crippen LogP contribution is 2.39.